The maximum absolute atomic E-state index is 12.1. The molecule has 0 saturated heterocycles. The monoisotopic (exact) mass is 323 g/mol. The molecule has 5 nitrogen and oxygen atoms in total. The third kappa shape index (κ3) is 3.95. The lowest BCUT2D eigenvalue weighted by molar-refractivity contribution is 0.102. The molecule has 0 aliphatic carbocycles. The number of rotatable bonds is 3. The number of nitrogens with zero attached hydrogens (tertiary/aromatic N) is 2. The van der Waals surface area contributed by atoms with Crippen molar-refractivity contribution in [2.24, 2.45) is 0 Å². The SMILES string of the molecule is CS(=O)c1ccc(C(=O)Nc2nnc(C(C)(C)C)s2)cc1. The summed E-state index contributed by atoms with van der Waals surface area (Å²) in [6.45, 7) is 6.13. The van der Waals surface area contributed by atoms with Gasteiger partial charge in [-0.05, 0) is 24.3 Å². The van der Waals surface area contributed by atoms with Gasteiger partial charge >= 0.3 is 0 Å². The number of carbonyl (C=O) groups is 1. The van der Waals surface area contributed by atoms with Crippen LogP contribution in [0.3, 0.4) is 0 Å². The second kappa shape index (κ2) is 6.03. The average Bonchev–Trinajstić information content (AvgIpc) is 2.87. The molecule has 0 saturated carbocycles. The Morgan fingerprint density at radius 2 is 1.81 bits per heavy atom. The first-order chi connectivity index (χ1) is 9.77. The van der Waals surface area contributed by atoms with Crippen LogP contribution >= 0.6 is 11.3 Å². The van der Waals surface area contributed by atoms with Crippen LogP contribution in [-0.2, 0) is 16.2 Å². The van der Waals surface area contributed by atoms with Gasteiger partial charge in [-0.1, -0.05) is 32.1 Å². The van der Waals surface area contributed by atoms with Crippen LogP contribution in [0.4, 0.5) is 5.13 Å². The predicted octanol–water partition coefficient (Wildman–Crippen LogP) is 2.83. The summed E-state index contributed by atoms with van der Waals surface area (Å²) in [6.07, 6.45) is 1.60. The third-order valence-electron chi connectivity index (χ3n) is 2.74. The maximum atomic E-state index is 12.1. The van der Waals surface area contributed by atoms with Gasteiger partial charge in [-0.15, -0.1) is 10.2 Å². The van der Waals surface area contributed by atoms with Gasteiger partial charge in [0, 0.05) is 32.9 Å². The molecule has 0 fully saturated rings. The van der Waals surface area contributed by atoms with Crippen molar-refractivity contribution in [2.45, 2.75) is 31.1 Å². The molecule has 2 aromatic rings. The zero-order chi connectivity index (χ0) is 15.6. The quantitative estimate of drug-likeness (QED) is 0.943. The molecule has 0 bridgehead atoms. The topological polar surface area (TPSA) is 72.0 Å². The lowest BCUT2D eigenvalue weighted by Gasteiger charge is -2.12. The van der Waals surface area contributed by atoms with Gasteiger partial charge in [0.2, 0.25) is 5.13 Å². The van der Waals surface area contributed by atoms with Gasteiger partial charge in [-0.3, -0.25) is 14.3 Å². The Balaban J connectivity index is 2.11. The molecule has 2 rings (SSSR count). The van der Waals surface area contributed by atoms with Crippen molar-refractivity contribution < 1.29 is 9.00 Å². The maximum Gasteiger partial charge on any atom is 0.257 e. The molecule has 1 N–H and O–H groups in total. The molecule has 21 heavy (non-hydrogen) atoms. The first-order valence-corrected chi connectivity index (χ1v) is 8.73. The Bertz CT molecular complexity index is 672. The Kier molecular flexibility index (Phi) is 4.53. The molecule has 7 heteroatoms. The smallest absolute Gasteiger partial charge is 0.257 e. The van der Waals surface area contributed by atoms with Crippen LogP contribution in [0.15, 0.2) is 29.2 Å². The Morgan fingerprint density at radius 1 is 1.19 bits per heavy atom. The number of nitrogens with one attached hydrogen (secondary N) is 1. The number of benzene rings is 1. The summed E-state index contributed by atoms with van der Waals surface area (Å²) >= 11 is 1.37. The molecule has 0 spiro atoms. The van der Waals surface area contributed by atoms with Crippen LogP contribution in [0.1, 0.15) is 36.1 Å². The fraction of sp³-hybridized carbons (Fsp3) is 0.357. The largest absolute Gasteiger partial charge is 0.296 e. The highest BCUT2D eigenvalue weighted by atomic mass is 32.2. The summed E-state index contributed by atoms with van der Waals surface area (Å²) < 4.78 is 11.3. The minimum atomic E-state index is -1.05. The highest BCUT2D eigenvalue weighted by Crippen LogP contribution is 2.27. The van der Waals surface area contributed by atoms with Crippen LogP contribution in [0.2, 0.25) is 0 Å². The lowest BCUT2D eigenvalue weighted by atomic mass is 9.98. The molecule has 0 aliphatic heterocycles. The van der Waals surface area contributed by atoms with Crippen LogP contribution in [0.5, 0.6) is 0 Å². The molecule has 0 aliphatic rings. The molecule has 1 heterocycles. The van der Waals surface area contributed by atoms with E-state index in [2.05, 4.69) is 15.5 Å². The van der Waals surface area contributed by atoms with E-state index in [-0.39, 0.29) is 11.3 Å². The second-order valence-corrected chi connectivity index (χ2v) is 7.95. The fourth-order valence-corrected chi connectivity index (χ4v) is 2.86. The fourth-order valence-electron chi connectivity index (χ4n) is 1.54. The standard InChI is InChI=1S/C14H17N3O2S2/c1-14(2,3)12-16-17-13(20-12)15-11(18)9-5-7-10(8-6-9)21(4)19/h5-8H,1-4H3,(H,15,17,18). The van der Waals surface area contributed by atoms with E-state index >= 15 is 0 Å². The Labute approximate surface area is 130 Å². The predicted molar refractivity (Wildman–Crippen MR) is 85.3 cm³/mol. The number of hydrogen-bond donors (Lipinski definition) is 1. The minimum Gasteiger partial charge on any atom is -0.296 e. The van der Waals surface area contributed by atoms with Crippen molar-refractivity contribution in [1.82, 2.24) is 10.2 Å². The molecule has 0 radical (unpaired) electrons. The highest BCUT2D eigenvalue weighted by molar-refractivity contribution is 7.84. The van der Waals surface area contributed by atoms with E-state index in [9.17, 15) is 9.00 Å². The molecular formula is C14H17N3O2S2. The zero-order valence-corrected chi connectivity index (χ0v) is 14.0. The molecule has 1 atom stereocenters. The van der Waals surface area contributed by atoms with E-state index in [1.807, 2.05) is 20.8 Å². The molecule has 1 unspecified atom stereocenters. The van der Waals surface area contributed by atoms with Crippen LogP contribution in [0.25, 0.3) is 0 Å². The number of amides is 1. The zero-order valence-electron chi connectivity index (χ0n) is 12.3. The average molecular weight is 323 g/mol. The van der Waals surface area contributed by atoms with E-state index in [1.165, 1.54) is 11.3 Å². The van der Waals surface area contributed by atoms with E-state index in [1.54, 1.807) is 30.5 Å². The van der Waals surface area contributed by atoms with Crippen molar-refractivity contribution in [3.8, 4) is 0 Å². The van der Waals surface area contributed by atoms with Crippen molar-refractivity contribution in [3.05, 3.63) is 34.8 Å². The van der Waals surface area contributed by atoms with Gasteiger partial charge < -0.3 is 0 Å². The molecular weight excluding hydrogens is 306 g/mol. The summed E-state index contributed by atoms with van der Waals surface area (Å²) in [5.41, 5.74) is 0.407. The third-order valence-corrected chi connectivity index (χ3v) is 4.94. The molecule has 112 valence electrons. The Hall–Kier alpha value is -1.60. The Morgan fingerprint density at radius 3 is 2.29 bits per heavy atom. The van der Waals surface area contributed by atoms with Crippen LogP contribution in [-0.4, -0.2) is 26.6 Å². The van der Waals surface area contributed by atoms with E-state index < -0.39 is 10.8 Å². The van der Waals surface area contributed by atoms with Gasteiger partial charge in [-0.2, -0.15) is 0 Å². The summed E-state index contributed by atoms with van der Waals surface area (Å²) in [5, 5.41) is 12.1. The summed E-state index contributed by atoms with van der Waals surface area (Å²) in [7, 11) is -1.05. The molecule has 1 aromatic heterocycles. The summed E-state index contributed by atoms with van der Waals surface area (Å²) in [6, 6.07) is 6.67. The summed E-state index contributed by atoms with van der Waals surface area (Å²) in [4.78, 5) is 12.8. The number of hydrogen-bond acceptors (Lipinski definition) is 5. The van der Waals surface area contributed by atoms with E-state index in [0.717, 1.165) is 5.01 Å². The molecule has 1 amide bonds. The van der Waals surface area contributed by atoms with Crippen molar-refractivity contribution in [1.29, 1.82) is 0 Å². The van der Waals surface area contributed by atoms with Crippen LogP contribution in [0, 0.1) is 0 Å². The van der Waals surface area contributed by atoms with Gasteiger partial charge in [0.15, 0.2) is 0 Å². The first-order valence-electron chi connectivity index (χ1n) is 6.36. The van der Waals surface area contributed by atoms with Gasteiger partial charge in [0.1, 0.15) is 5.01 Å². The second-order valence-electron chi connectivity index (χ2n) is 5.59. The van der Waals surface area contributed by atoms with Crippen molar-refractivity contribution >= 4 is 33.2 Å². The van der Waals surface area contributed by atoms with Crippen LogP contribution < -0.4 is 5.32 Å². The number of carbonyl (C=O) groups excluding carboxylic acids is 1. The minimum absolute atomic E-state index is 0.0898. The van der Waals surface area contributed by atoms with E-state index in [4.69, 9.17) is 0 Å². The van der Waals surface area contributed by atoms with Gasteiger partial charge in [-0.25, -0.2) is 0 Å². The summed E-state index contributed by atoms with van der Waals surface area (Å²) in [5.74, 6) is -0.250. The first kappa shape index (κ1) is 15.8. The van der Waals surface area contributed by atoms with Gasteiger partial charge in [0.05, 0.1) is 0 Å². The van der Waals surface area contributed by atoms with Crippen molar-refractivity contribution in [2.75, 3.05) is 11.6 Å². The lowest BCUT2D eigenvalue weighted by Crippen LogP contribution is -2.11. The molecule has 1 aromatic carbocycles. The van der Waals surface area contributed by atoms with Crippen molar-refractivity contribution in [3.63, 3.8) is 0 Å². The number of anilines is 1. The van der Waals surface area contributed by atoms with Gasteiger partial charge in [0.25, 0.3) is 5.91 Å². The highest BCUT2D eigenvalue weighted by Gasteiger charge is 2.20. The van der Waals surface area contributed by atoms with E-state index in [0.29, 0.717) is 15.6 Å². The number of aromatic nitrogens is 2. The normalized spacial score (nSPS) is 13.0.